The van der Waals surface area contributed by atoms with Gasteiger partial charge in [-0.1, -0.05) is 95.5 Å². The molecule has 2 atom stereocenters. The lowest BCUT2D eigenvalue weighted by atomic mass is 9.92. The van der Waals surface area contributed by atoms with Crippen LogP contribution in [-0.2, 0) is 10.8 Å². The fourth-order valence-electron chi connectivity index (χ4n) is 7.68. The number of rotatable bonds is 8. The number of aliphatic hydroxyl groups excluding tert-OH is 2. The zero-order valence-corrected chi connectivity index (χ0v) is 33.7. The van der Waals surface area contributed by atoms with Crippen LogP contribution in [0.5, 0.6) is 0 Å². The number of nitrogens with zero attached hydrogens (tertiary/aromatic N) is 4. The minimum atomic E-state index is -4.86. The van der Waals surface area contributed by atoms with Crippen LogP contribution in [0.3, 0.4) is 0 Å². The first-order chi connectivity index (χ1) is 29.6. The number of halogens is 8. The van der Waals surface area contributed by atoms with Crippen LogP contribution in [0, 0.1) is 11.6 Å². The van der Waals surface area contributed by atoms with E-state index in [4.69, 9.17) is 9.97 Å². The first kappa shape index (κ1) is 41.7. The van der Waals surface area contributed by atoms with E-state index < -0.39 is 47.3 Å². The largest absolute Gasteiger partial charge is 0.418 e. The smallest absolute Gasteiger partial charge is 0.379 e. The summed E-state index contributed by atoms with van der Waals surface area (Å²) in [6.45, 7) is 0. The molecule has 0 aliphatic heterocycles. The van der Waals surface area contributed by atoms with Gasteiger partial charge in [0.25, 0.3) is 0 Å². The van der Waals surface area contributed by atoms with Gasteiger partial charge in [-0.2, -0.15) is 26.3 Å². The molecule has 0 bridgehead atoms. The van der Waals surface area contributed by atoms with Crippen molar-refractivity contribution in [1.29, 1.82) is 0 Å². The summed E-state index contributed by atoms with van der Waals surface area (Å²) in [5, 5.41) is 19.4. The van der Waals surface area contributed by atoms with Crippen molar-refractivity contribution in [1.82, 2.24) is 19.9 Å². The number of thiazole rings is 2. The lowest BCUT2D eigenvalue weighted by Crippen LogP contribution is -2.20. The molecule has 4 heterocycles. The summed E-state index contributed by atoms with van der Waals surface area (Å²) >= 11 is 2.38. The molecule has 16 heteroatoms. The quantitative estimate of drug-likeness (QED) is 0.148. The molecule has 4 aromatic heterocycles. The summed E-state index contributed by atoms with van der Waals surface area (Å²) in [5.41, 5.74) is 4.32. The molecule has 0 amide bonds. The third-order valence-corrected chi connectivity index (χ3v) is 13.3. The van der Waals surface area contributed by atoms with E-state index in [1.165, 1.54) is 45.9 Å². The van der Waals surface area contributed by atoms with Gasteiger partial charge in [-0.3, -0.25) is 0 Å². The van der Waals surface area contributed by atoms with Gasteiger partial charge in [0.05, 0.1) is 11.4 Å². The summed E-state index contributed by atoms with van der Waals surface area (Å²) in [6, 6.07) is 33.8. The molecule has 316 valence electrons. The molecule has 8 aromatic rings. The summed E-state index contributed by atoms with van der Waals surface area (Å²) in [6.07, 6.45) is -11.2. The molecule has 2 aliphatic carbocycles. The third-order valence-electron chi connectivity index (χ3n) is 11.3. The fraction of sp³-hybridized carbons (Fsp3) is 0.217. The number of hydrogen-bond donors (Lipinski definition) is 2. The molecular weight excluding hydrogens is 857 g/mol. The van der Waals surface area contributed by atoms with Crippen LogP contribution >= 0.6 is 22.7 Å². The first-order valence-corrected chi connectivity index (χ1v) is 21.0. The van der Waals surface area contributed by atoms with Gasteiger partial charge in [-0.15, -0.1) is 0 Å². The normalized spacial score (nSPS) is 16.4. The predicted octanol–water partition coefficient (Wildman–Crippen LogP) is 12.3. The number of aliphatic hydroxyl groups is 2. The maximum Gasteiger partial charge on any atom is 0.418 e. The number of alkyl halides is 6. The van der Waals surface area contributed by atoms with E-state index in [1.54, 1.807) is 0 Å². The zero-order chi connectivity index (χ0) is 43.6. The molecule has 62 heavy (non-hydrogen) atoms. The number of benzene rings is 4. The second-order valence-corrected chi connectivity index (χ2v) is 17.3. The van der Waals surface area contributed by atoms with E-state index in [2.05, 4.69) is 34.2 Å². The Hall–Kier alpha value is -5.68. The highest BCUT2D eigenvalue weighted by molar-refractivity contribution is 7.21. The van der Waals surface area contributed by atoms with Crippen LogP contribution in [0.15, 0.2) is 121 Å². The van der Waals surface area contributed by atoms with E-state index in [-0.39, 0.29) is 22.0 Å². The molecule has 2 aliphatic rings. The molecule has 0 unspecified atom stereocenters. The van der Waals surface area contributed by atoms with Gasteiger partial charge in [-0.25, -0.2) is 28.7 Å². The molecule has 2 saturated carbocycles. The van der Waals surface area contributed by atoms with Crippen LogP contribution in [0.4, 0.5) is 35.1 Å². The highest BCUT2D eigenvalue weighted by Gasteiger charge is 2.48. The van der Waals surface area contributed by atoms with Gasteiger partial charge in [0.2, 0.25) is 0 Å². The number of pyridine rings is 2. The van der Waals surface area contributed by atoms with Crippen molar-refractivity contribution in [2.45, 2.75) is 61.1 Å². The van der Waals surface area contributed by atoms with E-state index in [0.29, 0.717) is 42.8 Å². The van der Waals surface area contributed by atoms with Crippen LogP contribution < -0.4 is 0 Å². The van der Waals surface area contributed by atoms with Crippen molar-refractivity contribution in [3.63, 3.8) is 0 Å². The van der Waals surface area contributed by atoms with Crippen molar-refractivity contribution in [2.75, 3.05) is 0 Å². The molecule has 2 N–H and O–H groups in total. The Morgan fingerprint density at radius 3 is 1.18 bits per heavy atom. The van der Waals surface area contributed by atoms with Crippen LogP contribution in [-0.4, -0.2) is 42.5 Å². The van der Waals surface area contributed by atoms with E-state index >= 15 is 0 Å². The Bertz CT molecular complexity index is 2730. The molecule has 2 fully saturated rings. The van der Waals surface area contributed by atoms with E-state index in [9.17, 15) is 45.3 Å². The third kappa shape index (κ3) is 7.84. The maximum atomic E-state index is 14.6. The molecule has 0 radical (unpaired) electrons. The summed E-state index contributed by atoms with van der Waals surface area (Å²) < 4.78 is 105. The average Bonchev–Trinajstić information content (AvgIpc) is 4.17. The van der Waals surface area contributed by atoms with Gasteiger partial charge in [0.1, 0.15) is 42.3 Å². The topological polar surface area (TPSA) is 92.0 Å². The minimum absolute atomic E-state index is 0.0758. The second kappa shape index (κ2) is 15.6. The standard InChI is InChI=1S/2C23H16F4N2OS/c2*24-16-12-13(19(30)23(25,26)27)6-7-15(16)20-28-17-8-9-18(29-21(17)31-20)22(10-11-22)14-4-2-1-3-5-14/h2*1-9,12,19,30H,10-11H2/t2*19-/m10/s1. The molecule has 0 saturated heterocycles. The Labute approximate surface area is 356 Å². The highest BCUT2D eigenvalue weighted by Crippen LogP contribution is 2.54. The Balaban J connectivity index is 0.000000158. The zero-order valence-electron chi connectivity index (χ0n) is 32.1. The summed E-state index contributed by atoms with van der Waals surface area (Å²) in [5.74, 6) is -1.74. The SMILES string of the molecule is O[C@@H](c1ccc(-c2nc3ccc(C4(c5ccccc5)CC4)nc3s2)c(F)c1)C(F)(F)F.O[C@H](c1ccc(-c2nc3ccc(C4(c5ccccc5)CC4)nc3s2)c(F)c1)C(F)(F)F. The molecule has 6 nitrogen and oxygen atoms in total. The van der Waals surface area contributed by atoms with Gasteiger partial charge < -0.3 is 10.2 Å². The van der Waals surface area contributed by atoms with E-state index in [0.717, 1.165) is 49.2 Å². The van der Waals surface area contributed by atoms with Gasteiger partial charge in [-0.05, 0) is 96.5 Å². The molecular formula is C46H32F8N4O2S2. The predicted molar refractivity (Wildman–Crippen MR) is 221 cm³/mol. The number of aromatic nitrogens is 4. The van der Waals surface area contributed by atoms with Crippen LogP contribution in [0.2, 0.25) is 0 Å². The molecule has 4 aromatic carbocycles. The Morgan fingerprint density at radius 1 is 0.484 bits per heavy atom. The van der Waals surface area contributed by atoms with Crippen molar-refractivity contribution in [2.24, 2.45) is 0 Å². The highest BCUT2D eigenvalue weighted by atomic mass is 32.1. The average molecular weight is 889 g/mol. The van der Waals surface area contributed by atoms with Gasteiger partial charge in [0, 0.05) is 22.0 Å². The van der Waals surface area contributed by atoms with Crippen LogP contribution in [0.25, 0.3) is 41.8 Å². The molecule has 10 rings (SSSR count). The van der Waals surface area contributed by atoms with Gasteiger partial charge >= 0.3 is 12.4 Å². The Kier molecular flexibility index (Phi) is 10.5. The number of hydrogen-bond acceptors (Lipinski definition) is 8. The lowest BCUT2D eigenvalue weighted by molar-refractivity contribution is -0.207. The maximum absolute atomic E-state index is 14.6. The fourth-order valence-corrected chi connectivity index (χ4v) is 9.60. The summed E-state index contributed by atoms with van der Waals surface area (Å²) in [4.78, 5) is 19.7. The lowest BCUT2D eigenvalue weighted by Gasteiger charge is -2.15. The minimum Gasteiger partial charge on any atom is -0.379 e. The van der Waals surface area contributed by atoms with Crippen LogP contribution in [0.1, 0.15) is 71.5 Å². The first-order valence-electron chi connectivity index (χ1n) is 19.3. The van der Waals surface area contributed by atoms with Crippen molar-refractivity contribution < 1.29 is 45.3 Å². The summed E-state index contributed by atoms with van der Waals surface area (Å²) in [7, 11) is 0. The van der Waals surface area contributed by atoms with Crippen molar-refractivity contribution >= 4 is 43.4 Å². The van der Waals surface area contributed by atoms with Gasteiger partial charge in [0.15, 0.2) is 12.2 Å². The molecule has 0 spiro atoms. The number of fused-ring (bicyclic) bond motifs is 2. The van der Waals surface area contributed by atoms with Crippen molar-refractivity contribution in [3.05, 3.63) is 167 Å². The van der Waals surface area contributed by atoms with E-state index in [1.807, 2.05) is 60.7 Å². The second-order valence-electron chi connectivity index (χ2n) is 15.3. The monoisotopic (exact) mass is 888 g/mol. The Morgan fingerprint density at radius 2 is 0.855 bits per heavy atom. The van der Waals surface area contributed by atoms with Crippen molar-refractivity contribution in [3.8, 4) is 21.1 Å².